The minimum Gasteiger partial charge on any atom is -0.491 e. The molecule has 1 heterocycles. The molecular weight excluding hydrogens is 441 g/mol. The number of benzene rings is 1. The zero-order valence-corrected chi connectivity index (χ0v) is 17.2. The van der Waals surface area contributed by atoms with Crippen LogP contribution >= 0.6 is 24.0 Å². The number of nitrogens with one attached hydrogen (secondary N) is 1. The third-order valence-corrected chi connectivity index (χ3v) is 5.47. The van der Waals surface area contributed by atoms with E-state index >= 15 is 0 Å². The summed E-state index contributed by atoms with van der Waals surface area (Å²) >= 11 is 0. The van der Waals surface area contributed by atoms with Crippen molar-refractivity contribution < 1.29 is 13.2 Å². The molecule has 0 radical (unpaired) electrons. The smallest absolute Gasteiger partial charge is 0.193 e. The predicted molar refractivity (Wildman–Crippen MR) is 109 cm³/mol. The second-order valence-corrected chi connectivity index (χ2v) is 8.39. The molecule has 6 nitrogen and oxygen atoms in total. The Bertz CT molecular complexity index is 645. The second-order valence-electron chi connectivity index (χ2n) is 6.16. The average Bonchev–Trinajstić information content (AvgIpc) is 2.46. The first-order chi connectivity index (χ1) is 10.8. The van der Waals surface area contributed by atoms with E-state index in [1.807, 2.05) is 38.1 Å². The van der Waals surface area contributed by atoms with Crippen LogP contribution in [0.4, 0.5) is 5.69 Å². The molecular formula is C16H26IN3O3S. The molecule has 0 aromatic heterocycles. The Morgan fingerprint density at radius 3 is 2.62 bits per heavy atom. The van der Waals surface area contributed by atoms with Gasteiger partial charge in [0.25, 0.3) is 0 Å². The van der Waals surface area contributed by atoms with E-state index in [2.05, 4.69) is 10.3 Å². The molecule has 1 aromatic rings. The fraction of sp³-hybridized carbons (Fsp3) is 0.562. The Hall–Kier alpha value is -1.03. The maximum absolute atomic E-state index is 11.6. The van der Waals surface area contributed by atoms with E-state index in [4.69, 9.17) is 10.5 Å². The van der Waals surface area contributed by atoms with Crippen molar-refractivity contribution in [1.29, 1.82) is 0 Å². The standard InChI is InChI=1S/C16H25N3O3S.HI/c1-12(2)22-15-7-5-14(6-8-15)19-16(17)18-10-13-4-3-9-23(20,21)11-13;/h5-8,12-13H,3-4,9-11H2,1-2H3,(H3,17,18,19);1H. The summed E-state index contributed by atoms with van der Waals surface area (Å²) in [6, 6.07) is 7.46. The topological polar surface area (TPSA) is 93.8 Å². The summed E-state index contributed by atoms with van der Waals surface area (Å²) in [7, 11) is -2.90. The van der Waals surface area contributed by atoms with E-state index in [9.17, 15) is 8.42 Å². The van der Waals surface area contributed by atoms with Gasteiger partial charge in [-0.05, 0) is 56.9 Å². The van der Waals surface area contributed by atoms with Crippen molar-refractivity contribution in [1.82, 2.24) is 0 Å². The van der Waals surface area contributed by atoms with Crippen LogP contribution < -0.4 is 15.8 Å². The quantitative estimate of drug-likeness (QED) is 0.395. The van der Waals surface area contributed by atoms with E-state index in [1.54, 1.807) is 0 Å². The van der Waals surface area contributed by atoms with E-state index in [-0.39, 0.29) is 41.8 Å². The molecule has 1 aliphatic heterocycles. The van der Waals surface area contributed by atoms with Crippen LogP contribution in [0.2, 0.25) is 0 Å². The van der Waals surface area contributed by atoms with E-state index in [0.717, 1.165) is 17.9 Å². The lowest BCUT2D eigenvalue weighted by Gasteiger charge is -2.20. The van der Waals surface area contributed by atoms with Crippen molar-refractivity contribution in [3.8, 4) is 5.75 Å². The number of guanidine groups is 1. The normalized spacial score (nSPS) is 20.3. The van der Waals surface area contributed by atoms with Gasteiger partial charge >= 0.3 is 0 Å². The lowest BCUT2D eigenvalue weighted by atomic mass is 10.1. The summed E-state index contributed by atoms with van der Waals surface area (Å²) in [4.78, 5) is 4.27. The SMILES string of the molecule is CC(C)Oc1ccc(NC(N)=NCC2CCCS(=O)(=O)C2)cc1.I. The van der Waals surface area contributed by atoms with Gasteiger partial charge in [0.05, 0.1) is 17.6 Å². The third kappa shape index (κ3) is 7.25. The molecule has 0 saturated carbocycles. The molecule has 8 heteroatoms. The third-order valence-electron chi connectivity index (χ3n) is 3.58. The Morgan fingerprint density at radius 1 is 1.38 bits per heavy atom. The highest BCUT2D eigenvalue weighted by Crippen LogP contribution is 2.19. The monoisotopic (exact) mass is 467 g/mol. The number of rotatable bonds is 5. The minimum absolute atomic E-state index is 0. The van der Waals surface area contributed by atoms with Gasteiger partial charge in [-0.25, -0.2) is 8.42 Å². The Morgan fingerprint density at radius 2 is 2.04 bits per heavy atom. The average molecular weight is 467 g/mol. The highest BCUT2D eigenvalue weighted by atomic mass is 127. The maximum Gasteiger partial charge on any atom is 0.193 e. The van der Waals surface area contributed by atoms with Gasteiger partial charge in [-0.2, -0.15) is 0 Å². The minimum atomic E-state index is -2.90. The molecule has 0 spiro atoms. The first kappa shape index (κ1) is 21.0. The van der Waals surface area contributed by atoms with Crippen molar-refractivity contribution in [3.63, 3.8) is 0 Å². The fourth-order valence-corrected chi connectivity index (χ4v) is 4.33. The van der Waals surface area contributed by atoms with Crippen molar-refractivity contribution >= 4 is 45.5 Å². The number of anilines is 1. The summed E-state index contributed by atoms with van der Waals surface area (Å²) in [6.45, 7) is 4.39. The summed E-state index contributed by atoms with van der Waals surface area (Å²) < 4.78 is 28.8. The Labute approximate surface area is 161 Å². The molecule has 1 aromatic carbocycles. The van der Waals surface area contributed by atoms with Crippen molar-refractivity contribution in [2.24, 2.45) is 16.6 Å². The van der Waals surface area contributed by atoms with Gasteiger partial charge in [-0.15, -0.1) is 24.0 Å². The molecule has 0 aliphatic carbocycles. The number of nitrogens with zero attached hydrogens (tertiary/aromatic N) is 1. The van der Waals surface area contributed by atoms with Crippen LogP contribution in [0.25, 0.3) is 0 Å². The number of hydrogen-bond acceptors (Lipinski definition) is 4. The molecule has 2 rings (SSSR count). The fourth-order valence-electron chi connectivity index (χ4n) is 2.57. The molecule has 0 amide bonds. The lowest BCUT2D eigenvalue weighted by molar-refractivity contribution is 0.242. The Balaban J connectivity index is 0.00000288. The van der Waals surface area contributed by atoms with Gasteiger partial charge in [0.2, 0.25) is 0 Å². The van der Waals surface area contributed by atoms with Crippen LogP contribution in [-0.4, -0.2) is 38.5 Å². The maximum atomic E-state index is 11.6. The van der Waals surface area contributed by atoms with Crippen molar-refractivity contribution in [3.05, 3.63) is 24.3 Å². The number of sulfone groups is 1. The highest BCUT2D eigenvalue weighted by Gasteiger charge is 2.24. The number of nitrogens with two attached hydrogens (primary N) is 1. The molecule has 0 bridgehead atoms. The van der Waals surface area contributed by atoms with E-state index in [0.29, 0.717) is 24.7 Å². The number of hydrogen-bond donors (Lipinski definition) is 2. The highest BCUT2D eigenvalue weighted by molar-refractivity contribution is 14.0. The molecule has 1 aliphatic rings. The molecule has 136 valence electrons. The number of halogens is 1. The number of aliphatic imine (C=N–C) groups is 1. The Kier molecular flexibility index (Phi) is 8.28. The van der Waals surface area contributed by atoms with Crippen molar-refractivity contribution in [2.45, 2.75) is 32.8 Å². The molecule has 24 heavy (non-hydrogen) atoms. The largest absolute Gasteiger partial charge is 0.491 e. The van der Waals surface area contributed by atoms with Gasteiger partial charge in [0.15, 0.2) is 15.8 Å². The van der Waals surface area contributed by atoms with Crippen LogP contribution in [0.15, 0.2) is 29.3 Å². The van der Waals surface area contributed by atoms with Gasteiger partial charge < -0.3 is 15.8 Å². The molecule has 1 saturated heterocycles. The van der Waals surface area contributed by atoms with Crippen LogP contribution in [-0.2, 0) is 9.84 Å². The first-order valence-corrected chi connectivity index (χ1v) is 9.70. The summed E-state index contributed by atoms with van der Waals surface area (Å²) in [6.07, 6.45) is 1.73. The van der Waals surface area contributed by atoms with Crippen LogP contribution in [0.3, 0.4) is 0 Å². The van der Waals surface area contributed by atoms with Gasteiger partial charge in [0.1, 0.15) is 5.75 Å². The number of ether oxygens (including phenoxy) is 1. The molecule has 1 unspecified atom stereocenters. The van der Waals surface area contributed by atoms with Crippen molar-refractivity contribution in [2.75, 3.05) is 23.4 Å². The zero-order valence-electron chi connectivity index (χ0n) is 14.1. The molecule has 1 atom stereocenters. The van der Waals surface area contributed by atoms with Gasteiger partial charge in [0, 0.05) is 12.2 Å². The van der Waals surface area contributed by atoms with Crippen LogP contribution in [0.5, 0.6) is 5.75 Å². The molecule has 3 N–H and O–H groups in total. The van der Waals surface area contributed by atoms with E-state index < -0.39 is 9.84 Å². The summed E-state index contributed by atoms with van der Waals surface area (Å²) in [5, 5.41) is 3.01. The van der Waals surface area contributed by atoms with Crippen LogP contribution in [0, 0.1) is 5.92 Å². The van der Waals surface area contributed by atoms with E-state index in [1.165, 1.54) is 0 Å². The van der Waals surface area contributed by atoms with Crippen LogP contribution in [0.1, 0.15) is 26.7 Å². The second kappa shape index (κ2) is 9.45. The lowest BCUT2D eigenvalue weighted by Crippen LogP contribution is -2.29. The van der Waals surface area contributed by atoms with Gasteiger partial charge in [-0.1, -0.05) is 0 Å². The predicted octanol–water partition coefficient (Wildman–Crippen LogP) is 2.64. The summed E-state index contributed by atoms with van der Waals surface area (Å²) in [5.74, 6) is 1.67. The first-order valence-electron chi connectivity index (χ1n) is 7.88. The molecule has 1 fully saturated rings. The van der Waals surface area contributed by atoms with Gasteiger partial charge in [-0.3, -0.25) is 4.99 Å². The zero-order chi connectivity index (χ0) is 16.9. The summed E-state index contributed by atoms with van der Waals surface area (Å²) in [5.41, 5.74) is 6.69.